The number of ether oxygens (including phenoxy) is 7. The van der Waals surface area contributed by atoms with Crippen molar-refractivity contribution in [3.63, 3.8) is 0 Å². The van der Waals surface area contributed by atoms with Crippen LogP contribution in [0.25, 0.3) is 0 Å². The second kappa shape index (κ2) is 19.8. The van der Waals surface area contributed by atoms with Gasteiger partial charge in [0.05, 0.1) is 49.7 Å². The number of methoxy groups -OCH3 is 1. The summed E-state index contributed by atoms with van der Waals surface area (Å²) in [4.78, 5) is 37.3. The molecule has 2 amide bonds. The van der Waals surface area contributed by atoms with Crippen molar-refractivity contribution in [1.82, 2.24) is 10.6 Å². The maximum atomic E-state index is 12.9. The van der Waals surface area contributed by atoms with Gasteiger partial charge >= 0.3 is 5.97 Å². The molecule has 0 spiro atoms. The van der Waals surface area contributed by atoms with Gasteiger partial charge in [-0.1, -0.05) is 0 Å². The SMILES string of the molecule is COC1CC(CO)[C@@H](O[C@@H]2OC(CO)C(O)[C@H](O[C@]3(C(=O)O)CC(O)C(NC(C)=O)[C@H]([C@H](O)[C@H](O)CO)O3)C2O)C(O[C@@H]2O[C@@H](C)C(O)C(O)C2O)C1NC(C)=O. The quantitative estimate of drug-likeness (QED) is 0.0728. The molecule has 57 heavy (non-hydrogen) atoms. The number of aliphatic hydroxyl groups excluding tert-OH is 11. The summed E-state index contributed by atoms with van der Waals surface area (Å²) in [6, 6.07) is -2.74. The second-order valence-electron chi connectivity index (χ2n) is 14.7. The van der Waals surface area contributed by atoms with Crippen LogP contribution in [0.3, 0.4) is 0 Å². The fraction of sp³-hybridized carbons (Fsp3) is 0.909. The summed E-state index contributed by atoms with van der Waals surface area (Å²) in [5.41, 5.74) is 0. The fourth-order valence-electron chi connectivity index (χ4n) is 7.65. The predicted molar refractivity (Wildman–Crippen MR) is 181 cm³/mol. The minimum Gasteiger partial charge on any atom is -0.477 e. The Balaban J connectivity index is 1.72. The molecule has 0 radical (unpaired) electrons. The van der Waals surface area contributed by atoms with Gasteiger partial charge in [0.2, 0.25) is 11.8 Å². The number of nitrogens with one attached hydrogen (secondary N) is 2. The van der Waals surface area contributed by atoms with Crippen molar-refractivity contribution in [2.24, 2.45) is 5.92 Å². The number of aliphatic hydroxyl groups is 11. The Kier molecular flexibility index (Phi) is 16.5. The number of rotatable bonds is 15. The van der Waals surface area contributed by atoms with E-state index >= 15 is 0 Å². The molecule has 21 atom stereocenters. The van der Waals surface area contributed by atoms with Crippen LogP contribution in [0.2, 0.25) is 0 Å². The number of carbonyl (C=O) groups excluding carboxylic acids is 2. The molecule has 12 unspecified atom stereocenters. The van der Waals surface area contributed by atoms with E-state index in [2.05, 4.69) is 10.6 Å². The van der Waals surface area contributed by atoms with Crippen LogP contribution in [-0.4, -0.2) is 228 Å². The molecule has 4 rings (SSSR count). The zero-order valence-corrected chi connectivity index (χ0v) is 31.5. The number of carboxylic acids is 1. The highest BCUT2D eigenvalue weighted by Crippen LogP contribution is 2.40. The molecular weight excluding hydrogens is 776 g/mol. The van der Waals surface area contributed by atoms with Gasteiger partial charge in [-0.05, 0) is 13.3 Å². The van der Waals surface area contributed by atoms with Gasteiger partial charge in [0.1, 0.15) is 67.1 Å². The highest BCUT2D eigenvalue weighted by Gasteiger charge is 2.60. The number of aliphatic carboxylic acids is 1. The van der Waals surface area contributed by atoms with E-state index in [0.717, 1.165) is 6.92 Å². The number of amides is 2. The molecule has 0 aromatic heterocycles. The van der Waals surface area contributed by atoms with Crippen LogP contribution in [0.5, 0.6) is 0 Å². The van der Waals surface area contributed by atoms with Gasteiger partial charge in [0, 0.05) is 39.9 Å². The number of hydrogen-bond donors (Lipinski definition) is 14. The Morgan fingerprint density at radius 2 is 1.39 bits per heavy atom. The van der Waals surface area contributed by atoms with E-state index in [1.54, 1.807) is 0 Å². The van der Waals surface area contributed by atoms with Gasteiger partial charge in [0.25, 0.3) is 5.79 Å². The highest BCUT2D eigenvalue weighted by atomic mass is 16.8. The van der Waals surface area contributed by atoms with Gasteiger partial charge in [0.15, 0.2) is 12.6 Å². The molecule has 3 saturated heterocycles. The molecule has 24 heteroatoms. The van der Waals surface area contributed by atoms with Crippen molar-refractivity contribution in [2.75, 3.05) is 26.9 Å². The van der Waals surface area contributed by atoms with Crippen molar-refractivity contribution < 1.29 is 109 Å². The number of hydrogen-bond acceptors (Lipinski definition) is 21. The maximum Gasteiger partial charge on any atom is 0.364 e. The Morgan fingerprint density at radius 1 is 0.789 bits per heavy atom. The molecule has 24 nitrogen and oxygen atoms in total. The van der Waals surface area contributed by atoms with Crippen LogP contribution in [0.1, 0.15) is 33.6 Å². The first-order chi connectivity index (χ1) is 26.7. The van der Waals surface area contributed by atoms with E-state index in [-0.39, 0.29) is 6.42 Å². The van der Waals surface area contributed by atoms with Gasteiger partial charge in [-0.3, -0.25) is 9.59 Å². The van der Waals surface area contributed by atoms with E-state index in [1.807, 2.05) is 0 Å². The van der Waals surface area contributed by atoms with Crippen molar-refractivity contribution in [1.29, 1.82) is 0 Å². The summed E-state index contributed by atoms with van der Waals surface area (Å²) in [6.45, 7) is 0.859. The first-order valence-corrected chi connectivity index (χ1v) is 18.3. The molecule has 0 bridgehead atoms. The van der Waals surface area contributed by atoms with Crippen LogP contribution in [0.4, 0.5) is 0 Å². The van der Waals surface area contributed by atoms with E-state index in [4.69, 9.17) is 33.2 Å². The van der Waals surface area contributed by atoms with Crippen LogP contribution in [0.15, 0.2) is 0 Å². The summed E-state index contributed by atoms with van der Waals surface area (Å²) in [6.07, 6.45) is -31.1. The van der Waals surface area contributed by atoms with Crippen LogP contribution < -0.4 is 10.6 Å². The predicted octanol–water partition coefficient (Wildman–Crippen LogP) is -7.91. The molecule has 3 heterocycles. The average molecular weight is 833 g/mol. The fourth-order valence-corrected chi connectivity index (χ4v) is 7.65. The third-order valence-corrected chi connectivity index (χ3v) is 10.7. The average Bonchev–Trinajstić information content (AvgIpc) is 3.16. The molecule has 0 aromatic rings. The lowest BCUT2D eigenvalue weighted by atomic mass is 9.79. The largest absolute Gasteiger partial charge is 0.477 e. The van der Waals surface area contributed by atoms with Gasteiger partial charge in [-0.15, -0.1) is 0 Å². The van der Waals surface area contributed by atoms with Gasteiger partial charge in [-0.25, -0.2) is 4.79 Å². The monoisotopic (exact) mass is 832 g/mol. The Bertz CT molecular complexity index is 1350. The molecule has 14 N–H and O–H groups in total. The summed E-state index contributed by atoms with van der Waals surface area (Å²) in [7, 11) is 1.30. The highest BCUT2D eigenvalue weighted by molar-refractivity contribution is 5.76. The van der Waals surface area contributed by atoms with Gasteiger partial charge < -0.3 is 105 Å². The molecule has 3 aliphatic heterocycles. The normalized spacial score (nSPS) is 45.1. The lowest BCUT2D eigenvalue weighted by Gasteiger charge is -2.52. The van der Waals surface area contributed by atoms with E-state index in [1.165, 1.54) is 21.0 Å². The minimum absolute atomic E-state index is 0.0458. The zero-order chi connectivity index (χ0) is 42.7. The molecular formula is C33H56N2O22. The summed E-state index contributed by atoms with van der Waals surface area (Å²) in [5.74, 6) is -7.42. The zero-order valence-electron chi connectivity index (χ0n) is 31.5. The van der Waals surface area contributed by atoms with Crippen LogP contribution in [0, 0.1) is 5.92 Å². The van der Waals surface area contributed by atoms with E-state index < -0.39 is 172 Å². The van der Waals surface area contributed by atoms with E-state index in [9.17, 15) is 75.7 Å². The van der Waals surface area contributed by atoms with Crippen molar-refractivity contribution >= 4 is 17.8 Å². The lowest BCUT2D eigenvalue weighted by Crippen LogP contribution is -2.71. The minimum atomic E-state index is -3.08. The standard InChI is InChI=1S/C33H56N2O22/c1-10-20(43)23(46)24(47)30(52-10)55-28-19(35-12(3)40)16(51-4)5-13(7-36)26(28)54-31-25(48)29(22(45)17(9-38)53-31)57-33(32(49)50)6-14(41)18(34-11(2)39)27(56-33)21(44)15(42)8-37/h10,13-31,36-38,41-48H,5-9H2,1-4H3,(H,34,39)(H,35,40)(H,49,50)/t10-,13?,14?,15+,16?,17?,18?,19?,20?,21+,22?,23?,24?,25?,26+,27+,28?,29-,30-,31-,33-/m0/s1. The van der Waals surface area contributed by atoms with E-state index in [0.29, 0.717) is 0 Å². The van der Waals surface area contributed by atoms with Crippen molar-refractivity contribution in [2.45, 2.75) is 156 Å². The van der Waals surface area contributed by atoms with Gasteiger partial charge in [-0.2, -0.15) is 0 Å². The molecule has 4 aliphatic rings. The number of carbonyl (C=O) groups is 3. The van der Waals surface area contributed by atoms with Crippen molar-refractivity contribution in [3.8, 4) is 0 Å². The Hall–Kier alpha value is -2.31. The Labute approximate surface area is 325 Å². The summed E-state index contributed by atoms with van der Waals surface area (Å²) >= 11 is 0. The van der Waals surface area contributed by atoms with Crippen LogP contribution in [-0.2, 0) is 47.5 Å². The van der Waals surface area contributed by atoms with Crippen molar-refractivity contribution in [3.05, 3.63) is 0 Å². The summed E-state index contributed by atoms with van der Waals surface area (Å²) < 4.78 is 40.6. The third kappa shape index (κ3) is 10.2. The smallest absolute Gasteiger partial charge is 0.364 e. The lowest BCUT2D eigenvalue weighted by molar-refractivity contribution is -0.381. The molecule has 330 valence electrons. The maximum absolute atomic E-state index is 12.9. The molecule has 4 fully saturated rings. The first kappa shape index (κ1) is 47.4. The summed E-state index contributed by atoms with van der Waals surface area (Å²) in [5, 5.41) is 132. The molecule has 0 aromatic carbocycles. The third-order valence-electron chi connectivity index (χ3n) is 10.7. The first-order valence-electron chi connectivity index (χ1n) is 18.3. The molecule has 1 saturated carbocycles. The Morgan fingerprint density at radius 3 is 1.93 bits per heavy atom. The molecule has 1 aliphatic carbocycles. The second-order valence-corrected chi connectivity index (χ2v) is 14.7. The topological polar surface area (TPSA) is 383 Å². The number of carboxylic acid groups (broad SMARTS) is 1. The van der Waals surface area contributed by atoms with Crippen LogP contribution >= 0.6 is 0 Å².